The van der Waals surface area contributed by atoms with E-state index in [1.165, 1.54) is 18.2 Å². The Kier molecular flexibility index (Phi) is 3.94. The second kappa shape index (κ2) is 5.65. The lowest BCUT2D eigenvalue weighted by Crippen LogP contribution is -2.13. The highest BCUT2D eigenvalue weighted by Crippen LogP contribution is 2.32. The van der Waals surface area contributed by atoms with Crippen LogP contribution in [-0.4, -0.2) is 17.0 Å². The third-order valence-electron chi connectivity index (χ3n) is 2.86. The second-order valence-electron chi connectivity index (χ2n) is 4.61. The van der Waals surface area contributed by atoms with Gasteiger partial charge in [0, 0.05) is 12.5 Å². The highest BCUT2D eigenvalue weighted by atomic mass is 19.1. The predicted octanol–water partition coefficient (Wildman–Crippen LogP) is 2.66. The maximum Gasteiger partial charge on any atom is 0.328 e. The summed E-state index contributed by atoms with van der Waals surface area (Å²) in [6.07, 6.45) is 4.78. The molecular weight excluding hydrogens is 249 g/mol. The van der Waals surface area contributed by atoms with Crippen molar-refractivity contribution in [3.8, 4) is 0 Å². The van der Waals surface area contributed by atoms with E-state index in [1.54, 1.807) is 6.07 Å². The van der Waals surface area contributed by atoms with Crippen LogP contribution >= 0.6 is 0 Å². The summed E-state index contributed by atoms with van der Waals surface area (Å²) in [5, 5.41) is 11.0. The lowest BCUT2D eigenvalue weighted by Gasteiger charge is -2.06. The number of rotatable bonds is 5. The Hall–Kier alpha value is -2.17. The van der Waals surface area contributed by atoms with E-state index in [9.17, 15) is 14.0 Å². The lowest BCUT2D eigenvalue weighted by molar-refractivity contribution is -0.131. The number of anilines is 1. The molecule has 1 fully saturated rings. The van der Waals surface area contributed by atoms with Crippen LogP contribution in [0.2, 0.25) is 0 Å². The standard InChI is InChI=1S/C14H14FNO3/c15-11-7-9(4-6-14(18)19)3-5-12(11)16-13(17)8-10-1-2-10/h3-7,10H,1-2,8H2,(H,16,17)(H,18,19)/b6-4+. The molecule has 1 saturated carbocycles. The first-order chi connectivity index (χ1) is 9.04. The van der Waals surface area contributed by atoms with Crippen molar-refractivity contribution >= 4 is 23.6 Å². The van der Waals surface area contributed by atoms with Crippen LogP contribution in [-0.2, 0) is 9.59 Å². The molecule has 1 amide bonds. The quantitative estimate of drug-likeness (QED) is 0.802. The van der Waals surface area contributed by atoms with E-state index in [4.69, 9.17) is 5.11 Å². The number of carboxylic acid groups (broad SMARTS) is 1. The summed E-state index contributed by atoms with van der Waals surface area (Å²) in [6, 6.07) is 4.17. The summed E-state index contributed by atoms with van der Waals surface area (Å²) in [7, 11) is 0. The molecule has 0 aromatic heterocycles. The molecule has 0 heterocycles. The van der Waals surface area contributed by atoms with Gasteiger partial charge in [0.25, 0.3) is 0 Å². The molecule has 100 valence electrons. The molecule has 5 heteroatoms. The smallest absolute Gasteiger partial charge is 0.328 e. The third kappa shape index (κ3) is 4.21. The summed E-state index contributed by atoms with van der Waals surface area (Å²) in [5.74, 6) is -1.41. The number of hydrogen-bond acceptors (Lipinski definition) is 2. The molecule has 0 bridgehead atoms. The summed E-state index contributed by atoms with van der Waals surface area (Å²) in [4.78, 5) is 21.9. The zero-order valence-corrected chi connectivity index (χ0v) is 10.2. The van der Waals surface area contributed by atoms with E-state index in [2.05, 4.69) is 5.32 Å². The van der Waals surface area contributed by atoms with E-state index in [-0.39, 0.29) is 11.6 Å². The molecule has 1 aromatic rings. The van der Waals surface area contributed by atoms with Gasteiger partial charge >= 0.3 is 5.97 Å². The van der Waals surface area contributed by atoms with Crippen molar-refractivity contribution in [3.05, 3.63) is 35.7 Å². The van der Waals surface area contributed by atoms with Gasteiger partial charge in [-0.2, -0.15) is 0 Å². The number of benzene rings is 1. The van der Waals surface area contributed by atoms with Crippen LogP contribution < -0.4 is 5.32 Å². The molecular formula is C14H14FNO3. The Labute approximate surface area is 109 Å². The average molecular weight is 263 g/mol. The molecule has 2 rings (SSSR count). The van der Waals surface area contributed by atoms with Crippen molar-refractivity contribution in [2.75, 3.05) is 5.32 Å². The van der Waals surface area contributed by atoms with Crippen LogP contribution in [0.25, 0.3) is 6.08 Å². The van der Waals surface area contributed by atoms with Crippen molar-refractivity contribution in [1.29, 1.82) is 0 Å². The molecule has 0 aliphatic heterocycles. The molecule has 0 atom stereocenters. The minimum atomic E-state index is -1.10. The van der Waals surface area contributed by atoms with Crippen LogP contribution in [0.5, 0.6) is 0 Å². The third-order valence-corrected chi connectivity index (χ3v) is 2.86. The summed E-state index contributed by atoms with van der Waals surface area (Å²) >= 11 is 0. The van der Waals surface area contributed by atoms with Gasteiger partial charge in [0.05, 0.1) is 5.69 Å². The van der Waals surface area contributed by atoms with Gasteiger partial charge in [-0.15, -0.1) is 0 Å². The predicted molar refractivity (Wildman–Crippen MR) is 69.0 cm³/mol. The van der Waals surface area contributed by atoms with E-state index in [0.29, 0.717) is 17.9 Å². The van der Waals surface area contributed by atoms with Gasteiger partial charge in [-0.3, -0.25) is 4.79 Å². The number of carbonyl (C=O) groups excluding carboxylic acids is 1. The van der Waals surface area contributed by atoms with Gasteiger partial charge in [0.1, 0.15) is 5.82 Å². The van der Waals surface area contributed by atoms with Crippen LogP contribution in [0.1, 0.15) is 24.8 Å². The lowest BCUT2D eigenvalue weighted by atomic mass is 10.1. The fourth-order valence-corrected chi connectivity index (χ4v) is 1.69. The van der Waals surface area contributed by atoms with E-state index < -0.39 is 11.8 Å². The molecule has 0 saturated heterocycles. The highest BCUT2D eigenvalue weighted by molar-refractivity contribution is 5.91. The fraction of sp³-hybridized carbons (Fsp3) is 0.286. The van der Waals surface area contributed by atoms with E-state index in [1.807, 2.05) is 0 Å². The number of amides is 1. The number of carboxylic acids is 1. The molecule has 2 N–H and O–H groups in total. The molecule has 19 heavy (non-hydrogen) atoms. The maximum absolute atomic E-state index is 13.7. The van der Waals surface area contributed by atoms with Crippen LogP contribution in [0.15, 0.2) is 24.3 Å². The normalized spacial score (nSPS) is 14.6. The first-order valence-electron chi connectivity index (χ1n) is 6.05. The van der Waals surface area contributed by atoms with Crippen LogP contribution in [0, 0.1) is 11.7 Å². The number of aliphatic carboxylic acids is 1. The SMILES string of the molecule is O=C(O)/C=C/c1ccc(NC(=O)CC2CC2)c(F)c1. The first-order valence-corrected chi connectivity index (χ1v) is 6.05. The Balaban J connectivity index is 2.01. The van der Waals surface area contributed by atoms with Crippen molar-refractivity contribution < 1.29 is 19.1 Å². The molecule has 0 spiro atoms. The van der Waals surface area contributed by atoms with Crippen molar-refractivity contribution in [2.24, 2.45) is 5.92 Å². The number of carbonyl (C=O) groups is 2. The highest BCUT2D eigenvalue weighted by Gasteiger charge is 2.24. The van der Waals surface area contributed by atoms with Crippen LogP contribution in [0.3, 0.4) is 0 Å². The molecule has 1 aliphatic carbocycles. The largest absolute Gasteiger partial charge is 0.478 e. The Morgan fingerprint density at radius 1 is 1.42 bits per heavy atom. The average Bonchev–Trinajstić information content (AvgIpc) is 3.13. The van der Waals surface area contributed by atoms with Crippen LogP contribution in [0.4, 0.5) is 10.1 Å². The van der Waals surface area contributed by atoms with E-state index >= 15 is 0 Å². The number of halogens is 1. The van der Waals surface area contributed by atoms with Gasteiger partial charge in [0.15, 0.2) is 0 Å². The first kappa shape index (κ1) is 13.3. The monoisotopic (exact) mass is 263 g/mol. The molecule has 1 aliphatic rings. The topological polar surface area (TPSA) is 66.4 Å². The Morgan fingerprint density at radius 3 is 2.74 bits per heavy atom. The Morgan fingerprint density at radius 2 is 2.16 bits per heavy atom. The second-order valence-corrected chi connectivity index (χ2v) is 4.61. The minimum Gasteiger partial charge on any atom is -0.478 e. The maximum atomic E-state index is 13.7. The van der Waals surface area contributed by atoms with Gasteiger partial charge < -0.3 is 10.4 Å². The molecule has 0 unspecified atom stereocenters. The zero-order valence-electron chi connectivity index (χ0n) is 10.2. The number of hydrogen-bond donors (Lipinski definition) is 2. The van der Waals surface area contributed by atoms with Gasteiger partial charge in [-0.05, 0) is 42.5 Å². The summed E-state index contributed by atoms with van der Waals surface area (Å²) < 4.78 is 13.7. The zero-order chi connectivity index (χ0) is 13.8. The van der Waals surface area contributed by atoms with Gasteiger partial charge in [-0.25, -0.2) is 9.18 Å². The van der Waals surface area contributed by atoms with Gasteiger partial charge in [0.2, 0.25) is 5.91 Å². The minimum absolute atomic E-state index is 0.123. The van der Waals surface area contributed by atoms with Gasteiger partial charge in [-0.1, -0.05) is 6.07 Å². The van der Waals surface area contributed by atoms with Crippen molar-refractivity contribution in [3.63, 3.8) is 0 Å². The molecule has 1 aromatic carbocycles. The number of nitrogens with one attached hydrogen (secondary N) is 1. The molecule has 0 radical (unpaired) electrons. The molecule has 4 nitrogen and oxygen atoms in total. The van der Waals surface area contributed by atoms with Crippen molar-refractivity contribution in [1.82, 2.24) is 0 Å². The fourth-order valence-electron chi connectivity index (χ4n) is 1.69. The van der Waals surface area contributed by atoms with Crippen molar-refractivity contribution in [2.45, 2.75) is 19.3 Å². The summed E-state index contributed by atoms with van der Waals surface area (Å²) in [5.41, 5.74) is 0.554. The Bertz CT molecular complexity index is 535. The van der Waals surface area contributed by atoms with E-state index in [0.717, 1.165) is 18.9 Å². The summed E-state index contributed by atoms with van der Waals surface area (Å²) in [6.45, 7) is 0.